The zero-order valence-electron chi connectivity index (χ0n) is 16.1. The molecule has 2 rings (SSSR count). The van der Waals surface area contributed by atoms with Crippen LogP contribution in [0.2, 0.25) is 0 Å². The molecule has 0 aliphatic heterocycles. The monoisotopic (exact) mass is 355 g/mol. The van der Waals surface area contributed by atoms with Gasteiger partial charge in [-0.2, -0.15) is 0 Å². The second-order valence-electron chi connectivity index (χ2n) is 5.95. The molecule has 2 N–H and O–H groups in total. The van der Waals surface area contributed by atoms with E-state index >= 15 is 0 Å². The predicted octanol–water partition coefficient (Wildman–Crippen LogP) is 3.31. The van der Waals surface area contributed by atoms with Crippen molar-refractivity contribution in [2.75, 3.05) is 27.3 Å². The van der Waals surface area contributed by atoms with E-state index in [1.807, 2.05) is 31.2 Å². The maximum atomic E-state index is 5.59. The molecule has 2 aromatic carbocycles. The van der Waals surface area contributed by atoms with E-state index in [0.29, 0.717) is 13.2 Å². The van der Waals surface area contributed by atoms with Crippen LogP contribution in [0.3, 0.4) is 0 Å². The lowest BCUT2D eigenvalue weighted by Gasteiger charge is -2.14. The van der Waals surface area contributed by atoms with Crippen molar-refractivity contribution >= 4 is 5.96 Å². The molecule has 0 radical (unpaired) electrons. The number of methoxy groups -OCH3 is 1. The van der Waals surface area contributed by atoms with Crippen molar-refractivity contribution < 1.29 is 9.47 Å². The van der Waals surface area contributed by atoms with Gasteiger partial charge >= 0.3 is 0 Å². The summed E-state index contributed by atoms with van der Waals surface area (Å²) >= 11 is 0. The topological polar surface area (TPSA) is 54.9 Å². The van der Waals surface area contributed by atoms with E-state index in [9.17, 15) is 0 Å². The Hall–Kier alpha value is -2.69. The molecule has 0 saturated carbocycles. The number of benzene rings is 2. The standard InChI is InChI=1S/C21H29N3O2/c1-5-26-19-11-10-17(14-16(19)2)15-24-21(22-3)23-13-12-18-8-6-7-9-20(18)25-4/h6-11,14H,5,12-13,15H2,1-4H3,(H2,22,23,24). The predicted molar refractivity (Wildman–Crippen MR) is 107 cm³/mol. The number of rotatable bonds is 8. The maximum absolute atomic E-state index is 5.59. The number of nitrogens with zero attached hydrogens (tertiary/aromatic N) is 1. The van der Waals surface area contributed by atoms with Gasteiger partial charge in [0.15, 0.2) is 5.96 Å². The van der Waals surface area contributed by atoms with Gasteiger partial charge in [-0.15, -0.1) is 0 Å². The van der Waals surface area contributed by atoms with Gasteiger partial charge in [0.05, 0.1) is 13.7 Å². The Bertz CT molecular complexity index is 729. The van der Waals surface area contributed by atoms with Gasteiger partial charge in [-0.25, -0.2) is 0 Å². The molecule has 140 valence electrons. The zero-order chi connectivity index (χ0) is 18.8. The molecule has 0 aliphatic carbocycles. The van der Waals surface area contributed by atoms with E-state index < -0.39 is 0 Å². The Labute approximate surface area is 156 Å². The normalized spacial score (nSPS) is 11.2. The van der Waals surface area contributed by atoms with Crippen LogP contribution in [0.4, 0.5) is 0 Å². The van der Waals surface area contributed by atoms with E-state index in [0.717, 1.165) is 36.0 Å². The molecule has 5 nitrogen and oxygen atoms in total. The molecule has 0 spiro atoms. The van der Waals surface area contributed by atoms with Crippen LogP contribution in [0.1, 0.15) is 23.6 Å². The summed E-state index contributed by atoms with van der Waals surface area (Å²) in [5.41, 5.74) is 3.52. The van der Waals surface area contributed by atoms with Gasteiger partial charge in [-0.3, -0.25) is 4.99 Å². The van der Waals surface area contributed by atoms with Crippen molar-refractivity contribution in [3.8, 4) is 11.5 Å². The molecule has 0 aliphatic rings. The first-order valence-electron chi connectivity index (χ1n) is 8.96. The fraction of sp³-hybridized carbons (Fsp3) is 0.381. The van der Waals surface area contributed by atoms with Gasteiger partial charge in [-0.05, 0) is 49.1 Å². The van der Waals surface area contributed by atoms with Crippen molar-refractivity contribution in [3.05, 3.63) is 59.2 Å². The third-order valence-electron chi connectivity index (χ3n) is 4.10. The number of aliphatic imine (C=N–C) groups is 1. The van der Waals surface area contributed by atoms with Crippen molar-refractivity contribution in [2.24, 2.45) is 4.99 Å². The molecule has 0 saturated heterocycles. The third-order valence-corrected chi connectivity index (χ3v) is 4.10. The lowest BCUT2D eigenvalue weighted by Crippen LogP contribution is -2.37. The SMILES string of the molecule is CCOc1ccc(CNC(=NC)NCCc2ccccc2OC)cc1C. The molecule has 0 aromatic heterocycles. The summed E-state index contributed by atoms with van der Waals surface area (Å²) in [6.07, 6.45) is 0.868. The summed E-state index contributed by atoms with van der Waals surface area (Å²) in [6.45, 7) is 6.23. The molecule has 5 heteroatoms. The highest BCUT2D eigenvalue weighted by Gasteiger charge is 2.04. The summed E-state index contributed by atoms with van der Waals surface area (Å²) in [5, 5.41) is 6.69. The molecule has 0 heterocycles. The third kappa shape index (κ3) is 5.69. The van der Waals surface area contributed by atoms with Crippen molar-refractivity contribution in [1.82, 2.24) is 10.6 Å². The first-order chi connectivity index (χ1) is 12.7. The Morgan fingerprint density at radius 2 is 1.88 bits per heavy atom. The highest BCUT2D eigenvalue weighted by molar-refractivity contribution is 5.79. The number of para-hydroxylation sites is 1. The van der Waals surface area contributed by atoms with E-state index in [4.69, 9.17) is 9.47 Å². The van der Waals surface area contributed by atoms with Crippen LogP contribution >= 0.6 is 0 Å². The Kier molecular flexibility index (Phi) is 7.80. The maximum Gasteiger partial charge on any atom is 0.191 e. The zero-order valence-corrected chi connectivity index (χ0v) is 16.1. The first kappa shape index (κ1) is 19.6. The van der Waals surface area contributed by atoms with Crippen LogP contribution in [0.5, 0.6) is 11.5 Å². The van der Waals surface area contributed by atoms with Crippen LogP contribution in [-0.4, -0.2) is 33.3 Å². The van der Waals surface area contributed by atoms with Gasteiger partial charge < -0.3 is 20.1 Å². The number of guanidine groups is 1. The molecule has 0 atom stereocenters. The van der Waals surface area contributed by atoms with Crippen LogP contribution < -0.4 is 20.1 Å². The van der Waals surface area contributed by atoms with Crippen LogP contribution in [0.15, 0.2) is 47.5 Å². The Morgan fingerprint density at radius 3 is 2.58 bits per heavy atom. The number of nitrogens with one attached hydrogen (secondary N) is 2. The van der Waals surface area contributed by atoms with Gasteiger partial charge in [-0.1, -0.05) is 30.3 Å². The highest BCUT2D eigenvalue weighted by atomic mass is 16.5. The minimum Gasteiger partial charge on any atom is -0.496 e. The van der Waals surface area contributed by atoms with E-state index in [1.165, 1.54) is 11.1 Å². The fourth-order valence-corrected chi connectivity index (χ4v) is 2.77. The number of aryl methyl sites for hydroxylation is 1. The van der Waals surface area contributed by atoms with Gasteiger partial charge in [0.25, 0.3) is 0 Å². The summed E-state index contributed by atoms with van der Waals surface area (Å²) in [5.74, 6) is 2.64. The van der Waals surface area contributed by atoms with Gasteiger partial charge in [0.1, 0.15) is 11.5 Å². The van der Waals surface area contributed by atoms with E-state index in [2.05, 4.69) is 40.7 Å². The smallest absolute Gasteiger partial charge is 0.191 e. The minimum atomic E-state index is 0.682. The molecule has 0 bridgehead atoms. The number of hydrogen-bond donors (Lipinski definition) is 2. The van der Waals surface area contributed by atoms with Gasteiger partial charge in [0.2, 0.25) is 0 Å². The van der Waals surface area contributed by atoms with E-state index in [1.54, 1.807) is 14.2 Å². The molecule has 0 unspecified atom stereocenters. The minimum absolute atomic E-state index is 0.682. The molecule has 2 aromatic rings. The molecular formula is C21H29N3O2. The lowest BCUT2D eigenvalue weighted by atomic mass is 10.1. The molecule has 0 amide bonds. The quantitative estimate of drug-likeness (QED) is 0.563. The summed E-state index contributed by atoms with van der Waals surface area (Å²) < 4.78 is 11.0. The Balaban J connectivity index is 1.83. The number of hydrogen-bond acceptors (Lipinski definition) is 3. The van der Waals surface area contributed by atoms with Crippen LogP contribution in [0.25, 0.3) is 0 Å². The van der Waals surface area contributed by atoms with Gasteiger partial charge in [0, 0.05) is 20.1 Å². The molecular weight excluding hydrogens is 326 g/mol. The molecule has 0 fully saturated rings. The average Bonchev–Trinajstić information content (AvgIpc) is 2.67. The number of ether oxygens (including phenoxy) is 2. The second-order valence-corrected chi connectivity index (χ2v) is 5.95. The van der Waals surface area contributed by atoms with E-state index in [-0.39, 0.29) is 0 Å². The Morgan fingerprint density at radius 1 is 1.08 bits per heavy atom. The lowest BCUT2D eigenvalue weighted by molar-refractivity contribution is 0.338. The van der Waals surface area contributed by atoms with Crippen LogP contribution in [0, 0.1) is 6.92 Å². The molecule has 26 heavy (non-hydrogen) atoms. The fourth-order valence-electron chi connectivity index (χ4n) is 2.77. The summed E-state index contributed by atoms with van der Waals surface area (Å²) in [6, 6.07) is 14.3. The van der Waals surface area contributed by atoms with Crippen molar-refractivity contribution in [3.63, 3.8) is 0 Å². The largest absolute Gasteiger partial charge is 0.496 e. The van der Waals surface area contributed by atoms with Crippen LogP contribution in [-0.2, 0) is 13.0 Å². The first-order valence-corrected chi connectivity index (χ1v) is 8.96. The van der Waals surface area contributed by atoms with Crippen molar-refractivity contribution in [2.45, 2.75) is 26.8 Å². The highest BCUT2D eigenvalue weighted by Crippen LogP contribution is 2.19. The van der Waals surface area contributed by atoms with Crippen molar-refractivity contribution in [1.29, 1.82) is 0 Å². The summed E-state index contributed by atoms with van der Waals surface area (Å²) in [7, 11) is 3.48. The summed E-state index contributed by atoms with van der Waals surface area (Å²) in [4.78, 5) is 4.28. The average molecular weight is 355 g/mol. The second kappa shape index (κ2) is 10.3.